The van der Waals surface area contributed by atoms with Gasteiger partial charge in [0.05, 0.1) is 11.6 Å². The fraction of sp³-hybridized carbons (Fsp3) is 0.250. The van der Waals surface area contributed by atoms with Gasteiger partial charge in [-0.1, -0.05) is 23.7 Å². The number of halogens is 1. The van der Waals surface area contributed by atoms with E-state index in [2.05, 4.69) is 15.5 Å². The molecule has 19 heavy (non-hydrogen) atoms. The molecule has 0 aliphatic heterocycles. The lowest BCUT2D eigenvalue weighted by Gasteiger charge is -2.08. The van der Waals surface area contributed by atoms with E-state index in [0.29, 0.717) is 23.1 Å². The fourth-order valence-electron chi connectivity index (χ4n) is 1.40. The van der Waals surface area contributed by atoms with Crippen molar-refractivity contribution in [2.24, 2.45) is 7.05 Å². The van der Waals surface area contributed by atoms with Crippen molar-refractivity contribution >= 4 is 17.5 Å². The Kier molecular flexibility index (Phi) is 4.35. The first-order chi connectivity index (χ1) is 9.16. The molecule has 0 aliphatic rings. The molecule has 1 aromatic carbocycles. The number of carbonyl (C=O) groups excluding carboxylic acids is 1. The Hall–Kier alpha value is -2.08. The third kappa shape index (κ3) is 3.69. The van der Waals surface area contributed by atoms with Crippen LogP contribution >= 0.6 is 11.6 Å². The van der Waals surface area contributed by atoms with E-state index < -0.39 is 0 Å². The molecule has 7 heteroatoms. The van der Waals surface area contributed by atoms with Gasteiger partial charge in [0.25, 0.3) is 5.91 Å². The van der Waals surface area contributed by atoms with Crippen molar-refractivity contribution in [1.29, 1.82) is 0 Å². The summed E-state index contributed by atoms with van der Waals surface area (Å²) >= 11 is 5.91. The van der Waals surface area contributed by atoms with Crippen molar-refractivity contribution < 1.29 is 9.53 Å². The van der Waals surface area contributed by atoms with Gasteiger partial charge in [0.2, 0.25) is 0 Å². The van der Waals surface area contributed by atoms with Gasteiger partial charge in [-0.2, -0.15) is 0 Å². The zero-order valence-corrected chi connectivity index (χ0v) is 11.1. The SMILES string of the molecule is Cn1cnnc1CNC(=O)COc1ccccc1Cl. The predicted molar refractivity (Wildman–Crippen MR) is 69.8 cm³/mol. The minimum Gasteiger partial charge on any atom is -0.482 e. The van der Waals surface area contributed by atoms with E-state index in [0.717, 1.165) is 0 Å². The summed E-state index contributed by atoms with van der Waals surface area (Å²) in [6.07, 6.45) is 1.57. The third-order valence-electron chi connectivity index (χ3n) is 2.44. The zero-order valence-electron chi connectivity index (χ0n) is 10.3. The molecule has 2 rings (SSSR count). The Morgan fingerprint density at radius 3 is 2.95 bits per heavy atom. The Labute approximate surface area is 115 Å². The molecule has 0 saturated carbocycles. The monoisotopic (exact) mass is 280 g/mol. The third-order valence-corrected chi connectivity index (χ3v) is 2.76. The van der Waals surface area contributed by atoms with Crippen LogP contribution in [-0.2, 0) is 18.4 Å². The minimum atomic E-state index is -0.247. The van der Waals surface area contributed by atoms with Crippen molar-refractivity contribution in [3.63, 3.8) is 0 Å². The highest BCUT2D eigenvalue weighted by Crippen LogP contribution is 2.22. The second-order valence-corrected chi connectivity index (χ2v) is 4.26. The molecule has 0 fully saturated rings. The topological polar surface area (TPSA) is 69.0 Å². The Morgan fingerprint density at radius 2 is 2.26 bits per heavy atom. The average Bonchev–Trinajstić information content (AvgIpc) is 2.81. The van der Waals surface area contributed by atoms with E-state index >= 15 is 0 Å². The number of rotatable bonds is 5. The zero-order chi connectivity index (χ0) is 13.7. The van der Waals surface area contributed by atoms with E-state index in [9.17, 15) is 4.79 Å². The second kappa shape index (κ2) is 6.19. The summed E-state index contributed by atoms with van der Waals surface area (Å²) in [7, 11) is 1.81. The van der Waals surface area contributed by atoms with Crippen LogP contribution in [0.3, 0.4) is 0 Å². The number of carbonyl (C=O) groups is 1. The summed E-state index contributed by atoms with van der Waals surface area (Å²) in [5.41, 5.74) is 0. The number of hydrogen-bond donors (Lipinski definition) is 1. The van der Waals surface area contributed by atoms with Gasteiger partial charge in [-0.3, -0.25) is 4.79 Å². The first-order valence-electron chi connectivity index (χ1n) is 5.63. The summed E-state index contributed by atoms with van der Waals surface area (Å²) in [6.45, 7) is 0.211. The molecular weight excluding hydrogens is 268 g/mol. The van der Waals surface area contributed by atoms with Gasteiger partial charge < -0.3 is 14.6 Å². The first-order valence-corrected chi connectivity index (χ1v) is 6.01. The van der Waals surface area contributed by atoms with Crippen molar-refractivity contribution in [2.75, 3.05) is 6.61 Å². The number of hydrogen-bond acceptors (Lipinski definition) is 4. The maximum absolute atomic E-state index is 11.6. The van der Waals surface area contributed by atoms with Gasteiger partial charge in [-0.05, 0) is 12.1 Å². The number of aryl methyl sites for hydroxylation is 1. The highest BCUT2D eigenvalue weighted by Gasteiger charge is 2.07. The number of nitrogens with one attached hydrogen (secondary N) is 1. The number of ether oxygens (including phenoxy) is 1. The summed E-state index contributed by atoms with van der Waals surface area (Å²) in [4.78, 5) is 11.6. The molecule has 0 atom stereocenters. The van der Waals surface area contributed by atoms with Crippen LogP contribution in [0.4, 0.5) is 0 Å². The quantitative estimate of drug-likeness (QED) is 0.892. The minimum absolute atomic E-state index is 0.0957. The lowest BCUT2D eigenvalue weighted by molar-refractivity contribution is -0.123. The van der Waals surface area contributed by atoms with E-state index in [1.165, 1.54) is 0 Å². The summed E-state index contributed by atoms with van der Waals surface area (Å²) < 4.78 is 7.04. The number of aromatic nitrogens is 3. The lowest BCUT2D eigenvalue weighted by atomic mass is 10.3. The maximum atomic E-state index is 11.6. The molecule has 1 heterocycles. The molecule has 2 aromatic rings. The van der Waals surface area contributed by atoms with Gasteiger partial charge in [-0.15, -0.1) is 10.2 Å². The van der Waals surface area contributed by atoms with Crippen LogP contribution in [0.2, 0.25) is 5.02 Å². The molecule has 1 N–H and O–H groups in total. The van der Waals surface area contributed by atoms with Crippen LogP contribution in [0.5, 0.6) is 5.75 Å². The van der Waals surface area contributed by atoms with Crippen LogP contribution < -0.4 is 10.1 Å². The van der Waals surface area contributed by atoms with Crippen molar-refractivity contribution in [1.82, 2.24) is 20.1 Å². The van der Waals surface area contributed by atoms with Crippen LogP contribution in [-0.4, -0.2) is 27.3 Å². The summed E-state index contributed by atoms with van der Waals surface area (Å²) in [5, 5.41) is 10.7. The highest BCUT2D eigenvalue weighted by atomic mass is 35.5. The largest absolute Gasteiger partial charge is 0.482 e. The molecule has 1 amide bonds. The molecule has 0 spiro atoms. The number of benzene rings is 1. The molecule has 0 saturated heterocycles. The normalized spacial score (nSPS) is 10.2. The van der Waals surface area contributed by atoms with Crippen LogP contribution in [0.25, 0.3) is 0 Å². The number of para-hydroxylation sites is 1. The van der Waals surface area contributed by atoms with Crippen LogP contribution in [0.15, 0.2) is 30.6 Å². The smallest absolute Gasteiger partial charge is 0.258 e. The molecule has 0 unspecified atom stereocenters. The van der Waals surface area contributed by atoms with Gasteiger partial charge >= 0.3 is 0 Å². The molecule has 0 bridgehead atoms. The van der Waals surface area contributed by atoms with Crippen molar-refractivity contribution in [3.8, 4) is 5.75 Å². The summed E-state index contributed by atoms with van der Waals surface area (Å²) in [5.74, 6) is 0.909. The Balaban J connectivity index is 1.79. The lowest BCUT2D eigenvalue weighted by Crippen LogP contribution is -2.29. The molecule has 1 aromatic heterocycles. The number of nitrogens with zero attached hydrogens (tertiary/aromatic N) is 3. The Morgan fingerprint density at radius 1 is 1.47 bits per heavy atom. The fourth-order valence-corrected chi connectivity index (χ4v) is 1.59. The van der Waals surface area contributed by atoms with Crippen LogP contribution in [0, 0.1) is 0 Å². The van der Waals surface area contributed by atoms with E-state index in [4.69, 9.17) is 16.3 Å². The molecule has 6 nitrogen and oxygen atoms in total. The van der Waals surface area contributed by atoms with Gasteiger partial charge in [0, 0.05) is 7.05 Å². The average molecular weight is 281 g/mol. The van der Waals surface area contributed by atoms with Gasteiger partial charge in [-0.25, -0.2) is 0 Å². The Bertz CT molecular complexity index is 570. The van der Waals surface area contributed by atoms with Crippen molar-refractivity contribution in [2.45, 2.75) is 6.54 Å². The van der Waals surface area contributed by atoms with Gasteiger partial charge in [0.15, 0.2) is 12.4 Å². The molecule has 100 valence electrons. The molecule has 0 aliphatic carbocycles. The second-order valence-electron chi connectivity index (χ2n) is 3.85. The molecule has 0 radical (unpaired) electrons. The van der Waals surface area contributed by atoms with Crippen molar-refractivity contribution in [3.05, 3.63) is 41.4 Å². The predicted octanol–water partition coefficient (Wildman–Crippen LogP) is 1.16. The van der Waals surface area contributed by atoms with E-state index in [-0.39, 0.29) is 12.5 Å². The highest BCUT2D eigenvalue weighted by molar-refractivity contribution is 6.32. The number of amides is 1. The van der Waals surface area contributed by atoms with E-state index in [1.807, 2.05) is 7.05 Å². The van der Waals surface area contributed by atoms with Crippen LogP contribution in [0.1, 0.15) is 5.82 Å². The maximum Gasteiger partial charge on any atom is 0.258 e. The van der Waals surface area contributed by atoms with E-state index in [1.54, 1.807) is 35.2 Å². The van der Waals surface area contributed by atoms with Gasteiger partial charge in [0.1, 0.15) is 12.1 Å². The standard InChI is InChI=1S/C12H13ClN4O2/c1-17-8-15-16-11(17)6-14-12(18)7-19-10-5-3-2-4-9(10)13/h2-5,8H,6-7H2,1H3,(H,14,18). The first kappa shape index (κ1) is 13.4. The molecular formula is C12H13ClN4O2. The summed E-state index contributed by atoms with van der Waals surface area (Å²) in [6, 6.07) is 6.99.